The molecule has 1 saturated carbocycles. The molecule has 0 amide bonds. The fourth-order valence-electron chi connectivity index (χ4n) is 2.13. The molecule has 0 saturated heterocycles. The van der Waals surface area contributed by atoms with Crippen LogP contribution in [0.1, 0.15) is 25.3 Å². The van der Waals surface area contributed by atoms with Crippen LogP contribution in [0.5, 0.6) is 11.5 Å². The third-order valence-electron chi connectivity index (χ3n) is 3.33. The van der Waals surface area contributed by atoms with Gasteiger partial charge in [-0.15, -0.1) is 0 Å². The van der Waals surface area contributed by atoms with Crippen molar-refractivity contribution in [2.24, 2.45) is 5.73 Å². The number of rotatable bonds is 2. The molecule has 1 fully saturated rings. The minimum absolute atomic E-state index is 0.192. The van der Waals surface area contributed by atoms with Crippen LogP contribution >= 0.6 is 15.9 Å². The first-order valence-corrected chi connectivity index (χ1v) is 5.85. The highest BCUT2D eigenvalue weighted by molar-refractivity contribution is 9.10. The molecule has 0 bridgehead atoms. The zero-order chi connectivity index (χ0) is 12.1. The number of phenols is 2. The van der Waals surface area contributed by atoms with E-state index in [1.807, 2.05) is 6.92 Å². The Bertz CT molecular complexity index is 418. The van der Waals surface area contributed by atoms with Crippen molar-refractivity contribution in [1.29, 1.82) is 0 Å². The van der Waals surface area contributed by atoms with E-state index in [9.17, 15) is 14.6 Å². The molecule has 88 valence electrons. The van der Waals surface area contributed by atoms with Crippen molar-refractivity contribution < 1.29 is 14.6 Å². The number of phenolic OH excluding ortho intramolecular Hbond substituents is 2. The topological polar surface area (TPSA) is 66.5 Å². The van der Waals surface area contributed by atoms with Crippen molar-refractivity contribution in [3.8, 4) is 11.5 Å². The van der Waals surface area contributed by atoms with Crippen LogP contribution in [0.2, 0.25) is 0 Å². The summed E-state index contributed by atoms with van der Waals surface area (Å²) in [4.78, 5) is 0. The summed E-state index contributed by atoms with van der Waals surface area (Å²) in [6, 6.07) is 0.691. The SMILES string of the molecule is CC(N)C1(c2c(O)c(O)cc(F)c2Br)CC1. The average Bonchev–Trinajstić information content (AvgIpc) is 2.97. The van der Waals surface area contributed by atoms with Gasteiger partial charge in [0.05, 0.1) is 4.47 Å². The fourth-order valence-corrected chi connectivity index (χ4v) is 2.82. The summed E-state index contributed by atoms with van der Waals surface area (Å²) in [5.74, 6) is -1.30. The maximum atomic E-state index is 13.5. The molecule has 1 aliphatic carbocycles. The lowest BCUT2D eigenvalue weighted by Gasteiger charge is -2.23. The van der Waals surface area contributed by atoms with Gasteiger partial charge in [-0.1, -0.05) is 0 Å². The summed E-state index contributed by atoms with van der Waals surface area (Å²) < 4.78 is 13.7. The Hall–Kier alpha value is -0.810. The first kappa shape index (κ1) is 11.7. The first-order valence-electron chi connectivity index (χ1n) is 5.06. The van der Waals surface area contributed by atoms with E-state index in [4.69, 9.17) is 5.73 Å². The molecule has 1 unspecified atom stereocenters. The highest BCUT2D eigenvalue weighted by atomic mass is 79.9. The summed E-state index contributed by atoms with van der Waals surface area (Å²) in [6.45, 7) is 1.82. The Morgan fingerprint density at radius 2 is 2.06 bits per heavy atom. The van der Waals surface area contributed by atoms with E-state index in [0.717, 1.165) is 18.9 Å². The minimum atomic E-state index is -0.586. The molecular weight excluding hydrogens is 277 g/mol. The molecule has 1 aromatic rings. The zero-order valence-corrected chi connectivity index (χ0v) is 10.4. The maximum Gasteiger partial charge on any atom is 0.162 e. The lowest BCUT2D eigenvalue weighted by atomic mass is 9.88. The second-order valence-corrected chi connectivity index (χ2v) is 5.15. The van der Waals surface area contributed by atoms with E-state index in [1.165, 1.54) is 0 Å². The molecule has 5 heteroatoms. The standard InChI is InChI=1S/C11H13BrFNO2/c1-5(14)11(2-3-11)8-9(12)6(13)4-7(15)10(8)16/h4-5,15-16H,2-3,14H2,1H3. The molecule has 4 N–H and O–H groups in total. The van der Waals surface area contributed by atoms with Crippen LogP contribution in [-0.4, -0.2) is 16.3 Å². The summed E-state index contributed by atoms with van der Waals surface area (Å²) in [6.07, 6.45) is 1.58. The predicted molar refractivity (Wildman–Crippen MR) is 62.0 cm³/mol. The normalized spacial score (nSPS) is 19.5. The van der Waals surface area contributed by atoms with Crippen LogP contribution in [-0.2, 0) is 5.41 Å². The molecule has 0 radical (unpaired) electrons. The van der Waals surface area contributed by atoms with Gasteiger partial charge in [-0.3, -0.25) is 0 Å². The number of hydrogen-bond donors (Lipinski definition) is 3. The molecule has 0 spiro atoms. The van der Waals surface area contributed by atoms with Gasteiger partial charge in [-0.25, -0.2) is 4.39 Å². The van der Waals surface area contributed by atoms with E-state index in [1.54, 1.807) is 0 Å². The second kappa shape index (κ2) is 3.60. The smallest absolute Gasteiger partial charge is 0.162 e. The van der Waals surface area contributed by atoms with Crippen molar-refractivity contribution >= 4 is 15.9 Å². The fraction of sp³-hybridized carbons (Fsp3) is 0.455. The lowest BCUT2D eigenvalue weighted by molar-refractivity contribution is 0.384. The maximum absolute atomic E-state index is 13.5. The van der Waals surface area contributed by atoms with Gasteiger partial charge in [0.1, 0.15) is 5.82 Å². The van der Waals surface area contributed by atoms with Crippen molar-refractivity contribution in [1.82, 2.24) is 0 Å². The Labute approximate surface area is 101 Å². The predicted octanol–water partition coefficient (Wildman–Crippen LogP) is 2.38. The second-order valence-electron chi connectivity index (χ2n) is 4.36. The summed E-state index contributed by atoms with van der Waals surface area (Å²) in [5.41, 5.74) is 5.84. The Morgan fingerprint density at radius 3 is 2.50 bits per heavy atom. The van der Waals surface area contributed by atoms with Crippen LogP contribution in [0, 0.1) is 5.82 Å². The van der Waals surface area contributed by atoms with E-state index in [-0.39, 0.29) is 16.3 Å². The van der Waals surface area contributed by atoms with Crippen molar-refractivity contribution in [3.63, 3.8) is 0 Å². The monoisotopic (exact) mass is 289 g/mol. The van der Waals surface area contributed by atoms with Gasteiger partial charge in [0, 0.05) is 23.1 Å². The molecule has 1 aromatic carbocycles. The molecule has 1 atom stereocenters. The highest BCUT2D eigenvalue weighted by Crippen LogP contribution is 2.57. The number of halogens is 2. The van der Waals surface area contributed by atoms with E-state index < -0.39 is 17.0 Å². The first-order chi connectivity index (χ1) is 7.40. The third-order valence-corrected chi connectivity index (χ3v) is 4.11. The van der Waals surface area contributed by atoms with Gasteiger partial charge in [0.2, 0.25) is 0 Å². The summed E-state index contributed by atoms with van der Waals surface area (Å²) in [5, 5.41) is 19.3. The number of benzene rings is 1. The van der Waals surface area contributed by atoms with Crippen LogP contribution in [0.4, 0.5) is 4.39 Å². The van der Waals surface area contributed by atoms with Crippen LogP contribution < -0.4 is 5.73 Å². The molecule has 1 aliphatic rings. The van der Waals surface area contributed by atoms with Gasteiger partial charge in [-0.2, -0.15) is 0 Å². The van der Waals surface area contributed by atoms with Gasteiger partial charge >= 0.3 is 0 Å². The van der Waals surface area contributed by atoms with Gasteiger partial charge in [-0.05, 0) is 35.7 Å². The molecule has 0 aliphatic heterocycles. The molecule has 2 rings (SSSR count). The van der Waals surface area contributed by atoms with Crippen molar-refractivity contribution in [3.05, 3.63) is 21.9 Å². The molecular formula is C11H13BrFNO2. The third kappa shape index (κ3) is 1.50. The Kier molecular flexibility index (Phi) is 2.62. The molecule has 16 heavy (non-hydrogen) atoms. The van der Waals surface area contributed by atoms with E-state index in [0.29, 0.717) is 5.56 Å². The Morgan fingerprint density at radius 1 is 1.50 bits per heavy atom. The molecule has 0 aromatic heterocycles. The van der Waals surface area contributed by atoms with Gasteiger partial charge in [0.25, 0.3) is 0 Å². The van der Waals surface area contributed by atoms with Gasteiger partial charge < -0.3 is 15.9 Å². The average molecular weight is 290 g/mol. The number of aromatic hydroxyl groups is 2. The number of nitrogens with two attached hydrogens (primary N) is 1. The van der Waals surface area contributed by atoms with Crippen LogP contribution in [0.3, 0.4) is 0 Å². The Balaban J connectivity index is 2.65. The highest BCUT2D eigenvalue weighted by Gasteiger charge is 2.51. The molecule has 3 nitrogen and oxygen atoms in total. The van der Waals surface area contributed by atoms with Crippen LogP contribution in [0.25, 0.3) is 0 Å². The zero-order valence-electron chi connectivity index (χ0n) is 8.80. The largest absolute Gasteiger partial charge is 0.504 e. The summed E-state index contributed by atoms with van der Waals surface area (Å²) in [7, 11) is 0. The summed E-state index contributed by atoms with van der Waals surface area (Å²) >= 11 is 3.11. The van der Waals surface area contributed by atoms with Crippen LogP contribution in [0.15, 0.2) is 10.5 Å². The quantitative estimate of drug-likeness (QED) is 0.733. The van der Waals surface area contributed by atoms with Gasteiger partial charge in [0.15, 0.2) is 11.5 Å². The number of hydrogen-bond acceptors (Lipinski definition) is 3. The lowest BCUT2D eigenvalue weighted by Crippen LogP contribution is -2.32. The van der Waals surface area contributed by atoms with Crippen molar-refractivity contribution in [2.45, 2.75) is 31.2 Å². The van der Waals surface area contributed by atoms with E-state index in [2.05, 4.69) is 15.9 Å². The molecule has 0 heterocycles. The van der Waals surface area contributed by atoms with E-state index >= 15 is 0 Å². The van der Waals surface area contributed by atoms with Crippen molar-refractivity contribution in [2.75, 3.05) is 0 Å². The minimum Gasteiger partial charge on any atom is -0.504 e.